The van der Waals surface area contributed by atoms with E-state index < -0.39 is 0 Å². The van der Waals surface area contributed by atoms with Crippen LogP contribution in [0, 0.1) is 27.7 Å². The number of carbonyl (C=O) groups is 1. The molecule has 0 unspecified atom stereocenters. The summed E-state index contributed by atoms with van der Waals surface area (Å²) in [7, 11) is 1.42. The maximum Gasteiger partial charge on any atom is 0.338 e. The Morgan fingerprint density at radius 3 is 2.00 bits per heavy atom. The number of ether oxygens (including phenoxy) is 1. The molecule has 1 aromatic carbocycles. The molecule has 0 bridgehead atoms. The van der Waals surface area contributed by atoms with Crippen molar-refractivity contribution in [2.24, 2.45) is 0 Å². The third kappa shape index (κ3) is 2.01. The average Bonchev–Trinajstić information content (AvgIpc) is 2.29. The Labute approximate surface area is 105 Å². The quantitative estimate of drug-likeness (QED) is 0.613. The lowest BCUT2D eigenvalue weighted by molar-refractivity contribution is 0.0598. The van der Waals surface area contributed by atoms with Gasteiger partial charge in [0.15, 0.2) is 0 Å². The van der Waals surface area contributed by atoms with E-state index in [1.165, 1.54) is 23.8 Å². The van der Waals surface area contributed by atoms with Gasteiger partial charge >= 0.3 is 5.97 Å². The van der Waals surface area contributed by atoms with Gasteiger partial charge in [0.1, 0.15) is 0 Å². The van der Waals surface area contributed by atoms with Gasteiger partial charge in [0, 0.05) is 5.33 Å². The van der Waals surface area contributed by atoms with Crippen LogP contribution in [0.2, 0.25) is 0 Å². The molecule has 0 aromatic heterocycles. The molecule has 1 aromatic rings. The highest BCUT2D eigenvalue weighted by Gasteiger charge is 2.20. The SMILES string of the molecule is COC(=O)c1c(C)c(C)c(C)c(C)c1CBr. The van der Waals surface area contributed by atoms with Crippen molar-refractivity contribution in [2.45, 2.75) is 33.0 Å². The summed E-state index contributed by atoms with van der Waals surface area (Å²) in [6.07, 6.45) is 0. The number of carbonyl (C=O) groups excluding carboxylic acids is 1. The van der Waals surface area contributed by atoms with Gasteiger partial charge in [-0.05, 0) is 55.5 Å². The third-order valence-corrected chi connectivity index (χ3v) is 3.90. The molecule has 3 heteroatoms. The number of alkyl halides is 1. The zero-order chi connectivity index (χ0) is 12.5. The van der Waals surface area contributed by atoms with E-state index in [-0.39, 0.29) is 5.97 Å². The first-order valence-electron chi connectivity index (χ1n) is 5.19. The van der Waals surface area contributed by atoms with Crippen molar-refractivity contribution in [3.8, 4) is 0 Å². The minimum atomic E-state index is -0.252. The number of hydrogen-bond acceptors (Lipinski definition) is 2. The van der Waals surface area contributed by atoms with Crippen LogP contribution in [0.4, 0.5) is 0 Å². The first-order valence-corrected chi connectivity index (χ1v) is 6.31. The zero-order valence-corrected chi connectivity index (χ0v) is 12.0. The second kappa shape index (κ2) is 5.00. The van der Waals surface area contributed by atoms with Crippen molar-refractivity contribution in [3.05, 3.63) is 33.4 Å². The van der Waals surface area contributed by atoms with Crippen LogP contribution in [0.15, 0.2) is 0 Å². The number of methoxy groups -OCH3 is 1. The third-order valence-electron chi connectivity index (χ3n) is 3.34. The summed E-state index contributed by atoms with van der Waals surface area (Å²) < 4.78 is 4.85. The summed E-state index contributed by atoms with van der Waals surface area (Å²) in [6, 6.07) is 0. The molecule has 0 N–H and O–H groups in total. The van der Waals surface area contributed by atoms with Crippen LogP contribution >= 0.6 is 15.9 Å². The topological polar surface area (TPSA) is 26.3 Å². The Balaban J connectivity index is 3.64. The van der Waals surface area contributed by atoms with E-state index in [0.717, 1.165) is 11.1 Å². The Bertz CT molecular complexity index is 436. The largest absolute Gasteiger partial charge is 0.465 e. The molecule has 0 heterocycles. The molecule has 0 aliphatic rings. The number of halogens is 1. The molecule has 0 atom stereocenters. The van der Waals surface area contributed by atoms with Crippen molar-refractivity contribution in [2.75, 3.05) is 7.11 Å². The van der Waals surface area contributed by atoms with E-state index >= 15 is 0 Å². The van der Waals surface area contributed by atoms with Crippen LogP contribution in [0.3, 0.4) is 0 Å². The summed E-state index contributed by atoms with van der Waals surface area (Å²) in [5.41, 5.74) is 6.35. The maximum absolute atomic E-state index is 11.8. The van der Waals surface area contributed by atoms with E-state index in [4.69, 9.17) is 4.74 Å². The second-order valence-electron chi connectivity index (χ2n) is 3.98. The monoisotopic (exact) mass is 284 g/mol. The van der Waals surface area contributed by atoms with Crippen LogP contribution in [0.1, 0.15) is 38.2 Å². The fourth-order valence-electron chi connectivity index (χ4n) is 1.94. The molecule has 0 amide bonds. The molecule has 0 aliphatic heterocycles. The van der Waals surface area contributed by atoms with Gasteiger partial charge in [-0.25, -0.2) is 4.79 Å². The van der Waals surface area contributed by atoms with Gasteiger partial charge in [-0.15, -0.1) is 0 Å². The van der Waals surface area contributed by atoms with E-state index in [0.29, 0.717) is 10.9 Å². The van der Waals surface area contributed by atoms with Crippen LogP contribution in [0.25, 0.3) is 0 Å². The second-order valence-corrected chi connectivity index (χ2v) is 4.54. The van der Waals surface area contributed by atoms with Crippen LogP contribution in [-0.2, 0) is 10.1 Å². The molecule has 0 saturated heterocycles. The van der Waals surface area contributed by atoms with Crippen molar-refractivity contribution in [1.82, 2.24) is 0 Å². The number of rotatable bonds is 2. The summed E-state index contributed by atoms with van der Waals surface area (Å²) >= 11 is 3.44. The minimum absolute atomic E-state index is 0.252. The summed E-state index contributed by atoms with van der Waals surface area (Å²) in [5, 5.41) is 0.672. The highest BCUT2D eigenvalue weighted by molar-refractivity contribution is 9.08. The summed E-state index contributed by atoms with van der Waals surface area (Å²) in [5.74, 6) is -0.252. The van der Waals surface area contributed by atoms with Crippen molar-refractivity contribution in [1.29, 1.82) is 0 Å². The highest BCUT2D eigenvalue weighted by atomic mass is 79.9. The Morgan fingerprint density at radius 1 is 1.06 bits per heavy atom. The molecule has 2 nitrogen and oxygen atoms in total. The summed E-state index contributed by atoms with van der Waals surface area (Å²) in [4.78, 5) is 11.8. The molecule has 88 valence electrons. The molecule has 0 saturated carbocycles. The van der Waals surface area contributed by atoms with Gasteiger partial charge in [0.05, 0.1) is 12.7 Å². The standard InChI is InChI=1S/C13H17BrO2/c1-7-8(2)10(4)12(13(15)16-5)11(6-14)9(7)3/h6H2,1-5H3. The van der Waals surface area contributed by atoms with E-state index in [2.05, 4.69) is 22.9 Å². The lowest BCUT2D eigenvalue weighted by Crippen LogP contribution is -2.12. The Hall–Kier alpha value is -0.830. The first kappa shape index (κ1) is 13.2. The molecule has 0 fully saturated rings. The molecular weight excluding hydrogens is 268 g/mol. The number of esters is 1. The molecule has 0 spiro atoms. The maximum atomic E-state index is 11.8. The smallest absolute Gasteiger partial charge is 0.338 e. The summed E-state index contributed by atoms with van der Waals surface area (Å²) in [6.45, 7) is 8.15. The average molecular weight is 285 g/mol. The predicted octanol–water partition coefficient (Wildman–Crippen LogP) is 3.60. The van der Waals surface area contributed by atoms with E-state index in [1.54, 1.807) is 0 Å². The van der Waals surface area contributed by atoms with Gasteiger partial charge in [-0.2, -0.15) is 0 Å². The van der Waals surface area contributed by atoms with Crippen molar-refractivity contribution < 1.29 is 9.53 Å². The van der Waals surface area contributed by atoms with Gasteiger partial charge in [0.25, 0.3) is 0 Å². The molecule has 16 heavy (non-hydrogen) atoms. The van der Waals surface area contributed by atoms with Crippen molar-refractivity contribution >= 4 is 21.9 Å². The Morgan fingerprint density at radius 2 is 1.56 bits per heavy atom. The van der Waals surface area contributed by atoms with Gasteiger partial charge in [-0.1, -0.05) is 15.9 Å². The highest BCUT2D eigenvalue weighted by Crippen LogP contribution is 2.28. The molecular formula is C13H17BrO2. The lowest BCUT2D eigenvalue weighted by Gasteiger charge is -2.18. The predicted molar refractivity (Wildman–Crippen MR) is 69.4 cm³/mol. The number of hydrogen-bond donors (Lipinski definition) is 0. The van der Waals surface area contributed by atoms with Gasteiger partial charge in [-0.3, -0.25) is 0 Å². The molecule has 1 rings (SSSR count). The molecule has 0 radical (unpaired) electrons. The van der Waals surface area contributed by atoms with Gasteiger partial charge < -0.3 is 4.74 Å². The molecule has 0 aliphatic carbocycles. The van der Waals surface area contributed by atoms with Crippen LogP contribution < -0.4 is 0 Å². The zero-order valence-electron chi connectivity index (χ0n) is 10.4. The van der Waals surface area contributed by atoms with Crippen molar-refractivity contribution in [3.63, 3.8) is 0 Å². The first-order chi connectivity index (χ1) is 7.45. The normalized spacial score (nSPS) is 10.4. The van der Waals surface area contributed by atoms with Gasteiger partial charge in [0.2, 0.25) is 0 Å². The number of benzene rings is 1. The fourth-order valence-corrected chi connectivity index (χ4v) is 2.64. The Kier molecular flexibility index (Phi) is 4.14. The van der Waals surface area contributed by atoms with E-state index in [9.17, 15) is 4.79 Å². The van der Waals surface area contributed by atoms with Crippen LogP contribution in [-0.4, -0.2) is 13.1 Å². The van der Waals surface area contributed by atoms with Crippen LogP contribution in [0.5, 0.6) is 0 Å². The fraction of sp³-hybridized carbons (Fsp3) is 0.462. The van der Waals surface area contributed by atoms with E-state index in [1.807, 2.05) is 20.8 Å². The lowest BCUT2D eigenvalue weighted by atomic mass is 9.90. The minimum Gasteiger partial charge on any atom is -0.465 e.